The van der Waals surface area contributed by atoms with E-state index in [9.17, 15) is 23.2 Å². The molecule has 1 atom stereocenters. The molecule has 2 aromatic rings. The van der Waals surface area contributed by atoms with Gasteiger partial charge < -0.3 is 19.9 Å². The Labute approximate surface area is 223 Å². The van der Waals surface area contributed by atoms with Gasteiger partial charge in [0.2, 0.25) is 5.92 Å². The lowest BCUT2D eigenvalue weighted by Gasteiger charge is -2.29. The second-order valence-corrected chi connectivity index (χ2v) is 11.9. The first kappa shape index (κ1) is 27.4. The maximum absolute atomic E-state index is 13.6. The molecule has 2 N–H and O–H groups in total. The van der Waals surface area contributed by atoms with Crippen molar-refractivity contribution in [3.63, 3.8) is 0 Å². The highest BCUT2D eigenvalue weighted by Gasteiger charge is 2.37. The Hall–Kier alpha value is -2.59. The van der Waals surface area contributed by atoms with Gasteiger partial charge in [0.1, 0.15) is 5.60 Å². The van der Waals surface area contributed by atoms with Crippen LogP contribution in [0.2, 0.25) is 5.02 Å². The Morgan fingerprint density at radius 1 is 1.16 bits per heavy atom. The number of carbonyl (C=O) groups is 2. The van der Waals surface area contributed by atoms with Gasteiger partial charge in [-0.1, -0.05) is 23.7 Å². The minimum atomic E-state index is -2.70. The Bertz CT molecular complexity index is 1230. The molecule has 1 aliphatic carbocycles. The van der Waals surface area contributed by atoms with Crippen molar-refractivity contribution in [2.45, 2.75) is 81.5 Å². The van der Waals surface area contributed by atoms with Gasteiger partial charge in [0.15, 0.2) is 0 Å². The van der Waals surface area contributed by atoms with Crippen molar-refractivity contribution in [1.82, 2.24) is 15.2 Å². The third-order valence-electron chi connectivity index (χ3n) is 6.26. The second-order valence-electron chi connectivity index (χ2n) is 10.5. The van der Waals surface area contributed by atoms with E-state index >= 15 is 0 Å². The summed E-state index contributed by atoms with van der Waals surface area (Å²) in [5.41, 5.74) is 0.345. The van der Waals surface area contributed by atoms with Crippen LogP contribution in [0.1, 0.15) is 74.0 Å². The summed E-state index contributed by atoms with van der Waals surface area (Å²) >= 11 is 7.29. The van der Waals surface area contributed by atoms with E-state index in [4.69, 9.17) is 16.3 Å². The molecule has 1 fully saturated rings. The molecule has 2 aliphatic rings. The van der Waals surface area contributed by atoms with Crippen molar-refractivity contribution in [2.24, 2.45) is 0 Å². The van der Waals surface area contributed by atoms with Gasteiger partial charge in [-0.3, -0.25) is 9.59 Å². The van der Waals surface area contributed by atoms with Gasteiger partial charge in [-0.2, -0.15) is 0 Å². The van der Waals surface area contributed by atoms with Gasteiger partial charge >= 0.3 is 6.09 Å². The Morgan fingerprint density at radius 3 is 2.43 bits per heavy atom. The fourth-order valence-corrected chi connectivity index (χ4v) is 5.86. The quantitative estimate of drug-likeness (QED) is 0.508. The minimum absolute atomic E-state index is 0.182. The van der Waals surface area contributed by atoms with Crippen LogP contribution >= 0.6 is 23.4 Å². The summed E-state index contributed by atoms with van der Waals surface area (Å²) in [6, 6.07) is 5.97. The Balaban J connectivity index is 1.66. The number of alkyl carbamates (subject to hydrolysis) is 1. The number of nitrogens with zero attached hydrogens (tertiary/aromatic N) is 1. The predicted octanol–water partition coefficient (Wildman–Crippen LogP) is 5.53. The van der Waals surface area contributed by atoms with Crippen LogP contribution in [0.3, 0.4) is 0 Å². The van der Waals surface area contributed by atoms with E-state index in [0.717, 1.165) is 5.56 Å². The minimum Gasteiger partial charge on any atom is -0.444 e. The SMILES string of the molecule is CC(C)(C)OC(=O)N[C@H]1CSc2c(C(=O)NC3CCC(F)(F)CC3)cn(Cc3ccc(Cl)cc3)c(=O)c21. The average molecular weight is 554 g/mol. The van der Waals surface area contributed by atoms with Gasteiger partial charge in [0, 0.05) is 40.8 Å². The zero-order chi connectivity index (χ0) is 27.0. The molecule has 0 unspecified atom stereocenters. The summed E-state index contributed by atoms with van der Waals surface area (Å²) in [4.78, 5) is 39.9. The number of benzene rings is 1. The normalized spacial score (nSPS) is 19.2. The van der Waals surface area contributed by atoms with E-state index < -0.39 is 29.6 Å². The van der Waals surface area contributed by atoms with Crippen LogP contribution in [0.4, 0.5) is 13.6 Å². The standard InChI is InChI=1S/C26H30ClF2N3O4S/c1-25(2,3)36-24(35)31-19-14-37-21-18(22(33)30-17-8-10-26(28,29)11-9-17)13-32(23(34)20(19)21)12-15-4-6-16(27)7-5-15/h4-7,13,17,19H,8-12,14H2,1-3H3,(H,30,33)(H,31,35)/t19-/m0/s1. The van der Waals surface area contributed by atoms with Crippen molar-refractivity contribution in [2.75, 3.05) is 5.75 Å². The van der Waals surface area contributed by atoms with E-state index in [2.05, 4.69) is 10.6 Å². The molecule has 1 aromatic heterocycles. The van der Waals surface area contributed by atoms with Crippen molar-refractivity contribution in [3.05, 3.63) is 62.5 Å². The summed E-state index contributed by atoms with van der Waals surface area (Å²) in [5.74, 6) is -2.78. The van der Waals surface area contributed by atoms with Crippen LogP contribution in [0, 0.1) is 0 Å². The molecule has 0 bridgehead atoms. The van der Waals surface area contributed by atoms with Crippen LogP contribution < -0.4 is 16.2 Å². The molecule has 4 rings (SSSR count). The van der Waals surface area contributed by atoms with Crippen LogP contribution in [-0.4, -0.2) is 39.9 Å². The smallest absolute Gasteiger partial charge is 0.408 e. The van der Waals surface area contributed by atoms with Gasteiger partial charge in [-0.15, -0.1) is 11.8 Å². The maximum Gasteiger partial charge on any atom is 0.408 e. The Kier molecular flexibility index (Phi) is 7.90. The number of halogens is 3. The molecule has 37 heavy (non-hydrogen) atoms. The number of carbonyl (C=O) groups excluding carboxylic acids is 2. The molecule has 0 spiro atoms. The maximum atomic E-state index is 13.6. The first-order valence-electron chi connectivity index (χ1n) is 12.1. The topological polar surface area (TPSA) is 89.4 Å². The molecule has 200 valence electrons. The molecule has 0 radical (unpaired) electrons. The largest absolute Gasteiger partial charge is 0.444 e. The number of fused-ring (bicyclic) bond motifs is 1. The lowest BCUT2D eigenvalue weighted by Crippen LogP contribution is -2.41. The van der Waals surface area contributed by atoms with E-state index in [1.165, 1.54) is 22.5 Å². The molecule has 2 amide bonds. The number of hydrogen-bond donors (Lipinski definition) is 2. The molecule has 1 saturated carbocycles. The van der Waals surface area contributed by atoms with Crippen LogP contribution in [-0.2, 0) is 11.3 Å². The fraction of sp³-hybridized carbons (Fsp3) is 0.500. The number of alkyl halides is 2. The number of pyridine rings is 1. The van der Waals surface area contributed by atoms with E-state index in [1.54, 1.807) is 45.0 Å². The van der Waals surface area contributed by atoms with Crippen molar-refractivity contribution < 1.29 is 23.1 Å². The lowest BCUT2D eigenvalue weighted by atomic mass is 9.92. The highest BCUT2D eigenvalue weighted by Crippen LogP contribution is 2.39. The number of hydrogen-bond acceptors (Lipinski definition) is 5. The molecule has 7 nitrogen and oxygen atoms in total. The third-order valence-corrected chi connectivity index (χ3v) is 7.74. The zero-order valence-electron chi connectivity index (χ0n) is 20.9. The van der Waals surface area contributed by atoms with E-state index in [1.807, 2.05) is 0 Å². The lowest BCUT2D eigenvalue weighted by molar-refractivity contribution is -0.0399. The molecule has 1 aromatic carbocycles. The van der Waals surface area contributed by atoms with Crippen molar-refractivity contribution in [1.29, 1.82) is 0 Å². The van der Waals surface area contributed by atoms with Gasteiger partial charge in [-0.25, -0.2) is 13.6 Å². The molecule has 1 aliphatic heterocycles. The van der Waals surface area contributed by atoms with Gasteiger partial charge in [-0.05, 0) is 51.3 Å². The Morgan fingerprint density at radius 2 is 1.81 bits per heavy atom. The monoisotopic (exact) mass is 553 g/mol. The van der Waals surface area contributed by atoms with E-state index in [-0.39, 0.29) is 49.4 Å². The van der Waals surface area contributed by atoms with Crippen LogP contribution in [0.15, 0.2) is 40.2 Å². The number of thioether (sulfide) groups is 1. The summed E-state index contributed by atoms with van der Waals surface area (Å²) in [6.45, 7) is 5.41. The highest BCUT2D eigenvalue weighted by atomic mass is 35.5. The van der Waals surface area contributed by atoms with Gasteiger partial charge in [0.05, 0.1) is 23.7 Å². The average Bonchev–Trinajstić information content (AvgIpc) is 3.21. The van der Waals surface area contributed by atoms with Crippen molar-refractivity contribution >= 4 is 35.4 Å². The number of nitrogens with one attached hydrogen (secondary N) is 2. The number of amides is 2. The molecular weight excluding hydrogens is 524 g/mol. The second kappa shape index (κ2) is 10.6. The molecule has 0 saturated heterocycles. The summed E-state index contributed by atoms with van der Waals surface area (Å²) in [7, 11) is 0. The summed E-state index contributed by atoms with van der Waals surface area (Å²) in [5, 5.41) is 6.19. The van der Waals surface area contributed by atoms with Crippen LogP contribution in [0.25, 0.3) is 0 Å². The fourth-order valence-electron chi connectivity index (χ4n) is 4.46. The zero-order valence-corrected chi connectivity index (χ0v) is 22.5. The summed E-state index contributed by atoms with van der Waals surface area (Å²) in [6.07, 6.45) is 0.659. The molecule has 2 heterocycles. The predicted molar refractivity (Wildman–Crippen MR) is 139 cm³/mol. The number of rotatable bonds is 5. The number of aromatic nitrogens is 1. The number of ether oxygens (including phenoxy) is 1. The molecular formula is C26H30ClF2N3O4S. The first-order valence-corrected chi connectivity index (χ1v) is 13.5. The van der Waals surface area contributed by atoms with Gasteiger partial charge in [0.25, 0.3) is 11.5 Å². The van der Waals surface area contributed by atoms with E-state index in [0.29, 0.717) is 21.2 Å². The summed E-state index contributed by atoms with van der Waals surface area (Å²) < 4.78 is 34.0. The van der Waals surface area contributed by atoms with Crippen LogP contribution in [0.5, 0.6) is 0 Å². The van der Waals surface area contributed by atoms with Crippen molar-refractivity contribution in [3.8, 4) is 0 Å². The highest BCUT2D eigenvalue weighted by molar-refractivity contribution is 7.99. The molecule has 11 heteroatoms. The first-order chi connectivity index (χ1) is 17.3. The third kappa shape index (κ3) is 6.84.